The van der Waals surface area contributed by atoms with Gasteiger partial charge in [0.05, 0.1) is 11.3 Å². The first-order valence-corrected chi connectivity index (χ1v) is 4.40. The van der Waals surface area contributed by atoms with Crippen molar-refractivity contribution in [3.63, 3.8) is 0 Å². The maximum absolute atomic E-state index is 12.5. The molecule has 0 saturated carbocycles. The number of pyridine rings is 1. The first-order chi connectivity index (χ1) is 8.11. The van der Waals surface area contributed by atoms with Crippen molar-refractivity contribution >= 4 is 5.97 Å². The third kappa shape index (κ3) is 3.28. The lowest BCUT2D eigenvalue weighted by atomic mass is 10.1. The number of aromatic carboxylic acids is 1. The molecule has 1 heterocycles. The third-order valence-electron chi connectivity index (χ3n) is 1.87. The van der Waals surface area contributed by atoms with E-state index in [1.54, 1.807) is 0 Å². The molecule has 0 bridgehead atoms. The van der Waals surface area contributed by atoms with Crippen LogP contribution >= 0.6 is 0 Å². The summed E-state index contributed by atoms with van der Waals surface area (Å²) in [6.45, 7) is 1.09. The fraction of sp³-hybridized carbons (Fsp3) is 0.333. The monoisotopic (exact) mass is 271 g/mol. The van der Waals surface area contributed by atoms with Gasteiger partial charge in [-0.1, -0.05) is 0 Å². The zero-order valence-corrected chi connectivity index (χ0v) is 8.76. The Hall–Kier alpha value is -1.93. The minimum Gasteiger partial charge on any atom is -0.478 e. The summed E-state index contributed by atoms with van der Waals surface area (Å²) in [5.41, 5.74) is -2.22. The number of rotatable bonds is 3. The molecule has 4 nitrogen and oxygen atoms in total. The van der Waals surface area contributed by atoms with Gasteiger partial charge in [0.15, 0.2) is 5.75 Å². The van der Waals surface area contributed by atoms with Gasteiger partial charge in [-0.25, -0.2) is 18.6 Å². The van der Waals surface area contributed by atoms with Crippen LogP contribution in [0.2, 0.25) is 0 Å². The molecule has 1 N–H and O–H groups in total. The number of alkyl halides is 5. The van der Waals surface area contributed by atoms with Crippen molar-refractivity contribution in [2.75, 3.05) is 0 Å². The van der Waals surface area contributed by atoms with Gasteiger partial charge in [-0.05, 0) is 13.0 Å². The summed E-state index contributed by atoms with van der Waals surface area (Å²) in [7, 11) is 0. The molecular formula is C9H6F5NO3. The lowest BCUT2D eigenvalue weighted by Crippen LogP contribution is -2.19. The number of hydrogen-bond acceptors (Lipinski definition) is 3. The molecule has 9 heteroatoms. The van der Waals surface area contributed by atoms with Gasteiger partial charge in [-0.15, -0.1) is 13.2 Å². The molecule has 0 aliphatic heterocycles. The maximum atomic E-state index is 12.5. The number of carboxylic acid groups (broad SMARTS) is 1. The summed E-state index contributed by atoms with van der Waals surface area (Å²) in [6, 6.07) is 0.375. The SMILES string of the molecule is Cc1nc(C(F)F)c(OC(F)(F)F)cc1C(=O)O. The zero-order chi connectivity index (χ0) is 14.1. The summed E-state index contributed by atoms with van der Waals surface area (Å²) >= 11 is 0. The Morgan fingerprint density at radius 2 is 2.00 bits per heavy atom. The Morgan fingerprint density at radius 1 is 1.44 bits per heavy atom. The molecule has 100 valence electrons. The van der Waals surface area contributed by atoms with E-state index in [9.17, 15) is 26.7 Å². The van der Waals surface area contributed by atoms with Crippen LogP contribution in [0.15, 0.2) is 6.07 Å². The average molecular weight is 271 g/mol. The second kappa shape index (κ2) is 4.75. The number of hydrogen-bond donors (Lipinski definition) is 1. The van der Waals surface area contributed by atoms with E-state index in [4.69, 9.17) is 5.11 Å². The number of ether oxygens (including phenoxy) is 1. The van der Waals surface area contributed by atoms with Gasteiger partial charge in [0.25, 0.3) is 6.43 Å². The van der Waals surface area contributed by atoms with E-state index >= 15 is 0 Å². The lowest BCUT2D eigenvalue weighted by molar-refractivity contribution is -0.275. The van der Waals surface area contributed by atoms with Crippen molar-refractivity contribution in [3.05, 3.63) is 23.0 Å². The number of aryl methyl sites for hydroxylation is 1. The molecule has 0 aliphatic carbocycles. The van der Waals surface area contributed by atoms with Crippen molar-refractivity contribution < 1.29 is 36.6 Å². The second-order valence-corrected chi connectivity index (χ2v) is 3.16. The van der Waals surface area contributed by atoms with E-state index < -0.39 is 35.8 Å². The highest BCUT2D eigenvalue weighted by Crippen LogP contribution is 2.33. The van der Waals surface area contributed by atoms with Crippen molar-refractivity contribution in [1.29, 1.82) is 0 Å². The lowest BCUT2D eigenvalue weighted by Gasteiger charge is -2.14. The quantitative estimate of drug-likeness (QED) is 0.859. The largest absolute Gasteiger partial charge is 0.573 e. The normalized spacial score (nSPS) is 11.7. The van der Waals surface area contributed by atoms with E-state index in [-0.39, 0.29) is 5.69 Å². The minimum absolute atomic E-state index is 0.327. The van der Waals surface area contributed by atoms with Crippen LogP contribution in [-0.4, -0.2) is 22.4 Å². The Labute approximate surface area is 97.0 Å². The molecule has 18 heavy (non-hydrogen) atoms. The standard InChI is InChI=1S/C9H6F5NO3/c1-3-4(8(16)17)2-5(18-9(12,13)14)6(15-3)7(10)11/h2,7H,1H3,(H,16,17). The van der Waals surface area contributed by atoms with Gasteiger partial charge >= 0.3 is 12.3 Å². The molecule has 0 saturated heterocycles. The smallest absolute Gasteiger partial charge is 0.478 e. The summed E-state index contributed by atoms with van der Waals surface area (Å²) in [5.74, 6) is -2.91. The first-order valence-electron chi connectivity index (χ1n) is 4.40. The van der Waals surface area contributed by atoms with Crippen LogP contribution in [0.5, 0.6) is 5.75 Å². The molecule has 1 aromatic rings. The Kier molecular flexibility index (Phi) is 3.73. The predicted octanol–water partition coefficient (Wildman–Crippen LogP) is 2.92. The number of carbonyl (C=O) groups is 1. The molecule has 1 rings (SSSR count). The maximum Gasteiger partial charge on any atom is 0.573 e. The van der Waals surface area contributed by atoms with E-state index in [1.807, 2.05) is 0 Å². The van der Waals surface area contributed by atoms with Crippen LogP contribution in [0.25, 0.3) is 0 Å². The Morgan fingerprint density at radius 3 is 2.39 bits per heavy atom. The molecule has 0 aliphatic rings. The van der Waals surface area contributed by atoms with Gasteiger partial charge in [0.1, 0.15) is 5.69 Å². The second-order valence-electron chi connectivity index (χ2n) is 3.16. The molecule has 0 amide bonds. The van der Waals surface area contributed by atoms with E-state index in [0.717, 1.165) is 6.92 Å². The summed E-state index contributed by atoms with van der Waals surface area (Å²) in [4.78, 5) is 13.8. The van der Waals surface area contributed by atoms with Crippen LogP contribution in [0.3, 0.4) is 0 Å². The highest BCUT2D eigenvalue weighted by molar-refractivity contribution is 5.89. The van der Waals surface area contributed by atoms with Gasteiger partial charge in [-0.2, -0.15) is 0 Å². The molecule has 0 aromatic carbocycles. The highest BCUT2D eigenvalue weighted by Gasteiger charge is 2.34. The molecule has 0 spiro atoms. The number of aromatic nitrogens is 1. The summed E-state index contributed by atoms with van der Waals surface area (Å²) in [5, 5.41) is 8.65. The fourth-order valence-corrected chi connectivity index (χ4v) is 1.18. The van der Waals surface area contributed by atoms with Gasteiger partial charge < -0.3 is 9.84 Å². The predicted molar refractivity (Wildman–Crippen MR) is 47.6 cm³/mol. The summed E-state index contributed by atoms with van der Waals surface area (Å²) < 4.78 is 64.2. The molecule has 0 fully saturated rings. The van der Waals surface area contributed by atoms with Crippen LogP contribution in [-0.2, 0) is 0 Å². The van der Waals surface area contributed by atoms with Crippen molar-refractivity contribution in [2.45, 2.75) is 19.7 Å². The van der Waals surface area contributed by atoms with E-state index in [1.165, 1.54) is 0 Å². The van der Waals surface area contributed by atoms with E-state index in [2.05, 4.69) is 9.72 Å². The number of nitrogens with zero attached hydrogens (tertiary/aromatic N) is 1. The number of carboxylic acids is 1. The van der Waals surface area contributed by atoms with Crippen molar-refractivity contribution in [3.8, 4) is 5.75 Å². The van der Waals surface area contributed by atoms with Crippen LogP contribution in [0.4, 0.5) is 22.0 Å². The molecule has 1 aromatic heterocycles. The number of halogens is 5. The van der Waals surface area contributed by atoms with Gasteiger partial charge in [0.2, 0.25) is 0 Å². The molecule has 0 atom stereocenters. The average Bonchev–Trinajstić information content (AvgIpc) is 2.17. The van der Waals surface area contributed by atoms with Crippen molar-refractivity contribution in [1.82, 2.24) is 4.98 Å². The highest BCUT2D eigenvalue weighted by atomic mass is 19.4. The summed E-state index contributed by atoms with van der Waals surface area (Å²) in [6.07, 6.45) is -8.53. The third-order valence-corrected chi connectivity index (χ3v) is 1.87. The van der Waals surface area contributed by atoms with Crippen LogP contribution < -0.4 is 4.74 Å². The molecular weight excluding hydrogens is 265 g/mol. The first kappa shape index (κ1) is 14.1. The van der Waals surface area contributed by atoms with Crippen molar-refractivity contribution in [2.24, 2.45) is 0 Å². The van der Waals surface area contributed by atoms with E-state index in [0.29, 0.717) is 6.07 Å². The zero-order valence-electron chi connectivity index (χ0n) is 8.76. The molecule has 0 unspecified atom stereocenters. The Balaban J connectivity index is 3.35. The van der Waals surface area contributed by atoms with Gasteiger partial charge in [-0.3, -0.25) is 0 Å². The van der Waals surface area contributed by atoms with Crippen LogP contribution in [0, 0.1) is 6.92 Å². The Bertz CT molecular complexity index is 472. The topological polar surface area (TPSA) is 59.4 Å². The van der Waals surface area contributed by atoms with Gasteiger partial charge in [0, 0.05) is 0 Å². The fourth-order valence-electron chi connectivity index (χ4n) is 1.18. The minimum atomic E-state index is -5.21. The van der Waals surface area contributed by atoms with Crippen LogP contribution in [0.1, 0.15) is 28.2 Å². The molecule has 0 radical (unpaired) electrons.